The largest absolute Gasteiger partial charge is 0.384 e. The van der Waals surface area contributed by atoms with Gasteiger partial charge in [-0.3, -0.25) is 4.79 Å². The molecule has 0 spiro atoms. The molecule has 0 aliphatic rings. The lowest BCUT2D eigenvalue weighted by Gasteiger charge is -2.13. The van der Waals surface area contributed by atoms with Gasteiger partial charge in [-0.15, -0.1) is 0 Å². The number of fused-ring (bicyclic) bond motifs is 2. The van der Waals surface area contributed by atoms with Crippen molar-refractivity contribution in [2.45, 2.75) is 12.8 Å². The third-order valence-corrected chi connectivity index (χ3v) is 5.09. The van der Waals surface area contributed by atoms with Gasteiger partial charge in [-0.05, 0) is 48.7 Å². The van der Waals surface area contributed by atoms with Crippen molar-refractivity contribution in [2.24, 2.45) is 0 Å². The SMILES string of the molecule is O=C(/C=C/c1ccc(F)cc1)NCCCCNc1c2ccccc2nc2ccccc12. The van der Waals surface area contributed by atoms with Crippen LogP contribution >= 0.6 is 0 Å². The summed E-state index contributed by atoms with van der Waals surface area (Å²) < 4.78 is 12.9. The fourth-order valence-electron chi connectivity index (χ4n) is 3.51. The first kappa shape index (κ1) is 20.5. The zero-order chi connectivity index (χ0) is 21.5. The van der Waals surface area contributed by atoms with E-state index in [4.69, 9.17) is 4.98 Å². The average Bonchev–Trinajstić information content (AvgIpc) is 2.80. The van der Waals surface area contributed by atoms with Crippen molar-refractivity contribution in [1.82, 2.24) is 10.3 Å². The molecule has 2 N–H and O–H groups in total. The third kappa shape index (κ3) is 5.25. The Balaban J connectivity index is 1.28. The van der Waals surface area contributed by atoms with Crippen LogP contribution in [0.4, 0.5) is 10.1 Å². The van der Waals surface area contributed by atoms with E-state index in [2.05, 4.69) is 22.8 Å². The van der Waals surface area contributed by atoms with Crippen molar-refractivity contribution in [3.05, 3.63) is 90.3 Å². The molecule has 1 aromatic heterocycles. The summed E-state index contributed by atoms with van der Waals surface area (Å²) in [5.74, 6) is -0.439. The molecule has 0 fully saturated rings. The summed E-state index contributed by atoms with van der Waals surface area (Å²) >= 11 is 0. The Hall–Kier alpha value is -3.73. The summed E-state index contributed by atoms with van der Waals surface area (Å²) in [5.41, 5.74) is 3.85. The maximum absolute atomic E-state index is 12.9. The Kier molecular flexibility index (Phi) is 6.53. The lowest BCUT2D eigenvalue weighted by atomic mass is 10.1. The topological polar surface area (TPSA) is 54.0 Å². The molecular weight excluding hydrogens is 389 g/mol. The summed E-state index contributed by atoms with van der Waals surface area (Å²) in [6.07, 6.45) is 4.94. The first-order valence-electron chi connectivity index (χ1n) is 10.4. The van der Waals surface area contributed by atoms with Crippen LogP contribution in [0.1, 0.15) is 18.4 Å². The van der Waals surface area contributed by atoms with Gasteiger partial charge in [-0.25, -0.2) is 9.37 Å². The van der Waals surface area contributed by atoms with Crippen molar-refractivity contribution in [1.29, 1.82) is 0 Å². The normalized spacial score (nSPS) is 11.3. The predicted molar refractivity (Wildman–Crippen MR) is 125 cm³/mol. The number of anilines is 1. The molecule has 4 aromatic rings. The number of pyridine rings is 1. The zero-order valence-corrected chi connectivity index (χ0v) is 17.1. The minimum atomic E-state index is -0.289. The molecular formula is C26H24FN3O. The van der Waals surface area contributed by atoms with E-state index in [1.807, 2.05) is 36.4 Å². The van der Waals surface area contributed by atoms with E-state index in [0.29, 0.717) is 6.54 Å². The van der Waals surface area contributed by atoms with Crippen LogP contribution in [-0.2, 0) is 4.79 Å². The standard InChI is InChI=1S/C26H24FN3O/c27-20-14-11-19(12-15-20)13-16-25(31)28-17-5-6-18-29-26-21-7-1-3-9-23(21)30-24-10-4-2-8-22(24)26/h1-4,7-16H,5-6,17-18H2,(H,28,31)(H,29,30)/b16-13+. The molecule has 0 bridgehead atoms. The van der Waals surface area contributed by atoms with Gasteiger partial charge in [0.1, 0.15) is 5.82 Å². The molecule has 0 atom stereocenters. The van der Waals surface area contributed by atoms with Gasteiger partial charge in [-0.2, -0.15) is 0 Å². The van der Waals surface area contributed by atoms with E-state index in [9.17, 15) is 9.18 Å². The van der Waals surface area contributed by atoms with Gasteiger partial charge in [-0.1, -0.05) is 48.5 Å². The highest BCUT2D eigenvalue weighted by molar-refractivity contribution is 6.07. The third-order valence-electron chi connectivity index (χ3n) is 5.09. The number of unbranched alkanes of at least 4 members (excludes halogenated alkanes) is 1. The predicted octanol–water partition coefficient (Wildman–Crippen LogP) is 5.55. The second kappa shape index (κ2) is 9.85. The molecule has 1 amide bonds. The fraction of sp³-hybridized carbons (Fsp3) is 0.154. The zero-order valence-electron chi connectivity index (χ0n) is 17.1. The fourth-order valence-corrected chi connectivity index (χ4v) is 3.51. The van der Waals surface area contributed by atoms with E-state index >= 15 is 0 Å². The van der Waals surface area contributed by atoms with E-state index < -0.39 is 0 Å². The Bertz CT molecular complexity index is 1160. The number of nitrogens with one attached hydrogen (secondary N) is 2. The summed E-state index contributed by atoms with van der Waals surface area (Å²) in [6, 6.07) is 22.3. The van der Waals surface area contributed by atoms with E-state index in [-0.39, 0.29) is 11.7 Å². The maximum atomic E-state index is 12.9. The van der Waals surface area contributed by atoms with Crippen molar-refractivity contribution < 1.29 is 9.18 Å². The molecule has 1 heterocycles. The highest BCUT2D eigenvalue weighted by atomic mass is 19.1. The van der Waals surface area contributed by atoms with Crippen molar-refractivity contribution in [2.75, 3.05) is 18.4 Å². The summed E-state index contributed by atoms with van der Waals surface area (Å²) in [6.45, 7) is 1.41. The Morgan fingerprint density at radius 1 is 0.839 bits per heavy atom. The molecule has 31 heavy (non-hydrogen) atoms. The number of aromatic nitrogens is 1. The molecule has 0 saturated carbocycles. The number of nitrogens with zero attached hydrogens (tertiary/aromatic N) is 1. The smallest absolute Gasteiger partial charge is 0.243 e. The highest BCUT2D eigenvalue weighted by Gasteiger charge is 2.07. The lowest BCUT2D eigenvalue weighted by molar-refractivity contribution is -0.116. The van der Waals surface area contributed by atoms with E-state index in [1.165, 1.54) is 18.2 Å². The molecule has 4 rings (SSSR count). The Labute approximate surface area is 180 Å². The molecule has 0 aliphatic carbocycles. The van der Waals surface area contributed by atoms with Crippen molar-refractivity contribution in [3.8, 4) is 0 Å². The highest BCUT2D eigenvalue weighted by Crippen LogP contribution is 2.30. The number of halogens is 1. The van der Waals surface area contributed by atoms with Crippen LogP contribution in [0.3, 0.4) is 0 Å². The van der Waals surface area contributed by atoms with Crippen LogP contribution in [0.25, 0.3) is 27.9 Å². The number of carbonyl (C=O) groups excluding carboxylic acids is 1. The molecule has 0 aliphatic heterocycles. The van der Waals surface area contributed by atoms with Crippen molar-refractivity contribution in [3.63, 3.8) is 0 Å². The number of para-hydroxylation sites is 2. The van der Waals surface area contributed by atoms with Crippen molar-refractivity contribution >= 4 is 39.5 Å². The maximum Gasteiger partial charge on any atom is 0.243 e. The number of carbonyl (C=O) groups is 1. The summed E-state index contributed by atoms with van der Waals surface area (Å²) in [7, 11) is 0. The number of hydrogen-bond acceptors (Lipinski definition) is 3. The quantitative estimate of drug-likeness (QED) is 0.226. The van der Waals surface area contributed by atoms with Crippen LogP contribution < -0.4 is 10.6 Å². The number of hydrogen-bond donors (Lipinski definition) is 2. The van der Waals surface area contributed by atoms with Gasteiger partial charge in [0.15, 0.2) is 0 Å². The van der Waals surface area contributed by atoms with Gasteiger partial charge in [0.2, 0.25) is 5.91 Å². The van der Waals surface area contributed by atoms with E-state index in [1.54, 1.807) is 18.2 Å². The number of amides is 1. The summed E-state index contributed by atoms with van der Waals surface area (Å²) in [4.78, 5) is 16.7. The van der Waals surface area contributed by atoms with Gasteiger partial charge >= 0.3 is 0 Å². The van der Waals surface area contributed by atoms with Crippen LogP contribution in [0, 0.1) is 5.82 Å². The average molecular weight is 413 g/mol. The Morgan fingerprint density at radius 3 is 2.13 bits per heavy atom. The molecule has 0 unspecified atom stereocenters. The lowest BCUT2D eigenvalue weighted by Crippen LogP contribution is -2.22. The first-order chi connectivity index (χ1) is 15.2. The minimum absolute atomic E-state index is 0.150. The molecule has 0 saturated heterocycles. The molecule has 5 heteroatoms. The van der Waals surface area contributed by atoms with Gasteiger partial charge in [0.25, 0.3) is 0 Å². The monoisotopic (exact) mass is 413 g/mol. The molecule has 4 nitrogen and oxygen atoms in total. The van der Waals surface area contributed by atoms with Crippen LogP contribution in [0.15, 0.2) is 78.9 Å². The minimum Gasteiger partial charge on any atom is -0.384 e. The molecule has 3 aromatic carbocycles. The van der Waals surface area contributed by atoms with Gasteiger partial charge in [0.05, 0.1) is 16.7 Å². The second-order valence-corrected chi connectivity index (χ2v) is 7.33. The number of rotatable bonds is 8. The number of benzene rings is 3. The molecule has 0 radical (unpaired) electrons. The van der Waals surface area contributed by atoms with Crippen LogP contribution in [0.2, 0.25) is 0 Å². The van der Waals surface area contributed by atoms with E-state index in [0.717, 1.165) is 52.4 Å². The first-order valence-corrected chi connectivity index (χ1v) is 10.4. The van der Waals surface area contributed by atoms with Crippen LogP contribution in [-0.4, -0.2) is 24.0 Å². The van der Waals surface area contributed by atoms with Crippen LogP contribution in [0.5, 0.6) is 0 Å². The molecule has 156 valence electrons. The summed E-state index contributed by atoms with van der Waals surface area (Å²) in [5, 5.41) is 8.68. The van der Waals surface area contributed by atoms with Gasteiger partial charge in [0, 0.05) is 29.9 Å². The van der Waals surface area contributed by atoms with Gasteiger partial charge < -0.3 is 10.6 Å². The Morgan fingerprint density at radius 2 is 1.45 bits per heavy atom. The second-order valence-electron chi connectivity index (χ2n) is 7.33.